The highest BCUT2D eigenvalue weighted by Crippen LogP contribution is 2.32. The first kappa shape index (κ1) is 12.9. The van der Waals surface area contributed by atoms with E-state index in [1.54, 1.807) is 6.26 Å². The molecule has 0 aromatic rings. The first-order valence-corrected chi connectivity index (χ1v) is 7.83. The van der Waals surface area contributed by atoms with Gasteiger partial charge in [-0.3, -0.25) is 9.59 Å². The van der Waals surface area contributed by atoms with Gasteiger partial charge in [-0.2, -0.15) is 0 Å². The number of hydrogen-bond donors (Lipinski definition) is 1. The van der Waals surface area contributed by atoms with Gasteiger partial charge in [0.25, 0.3) is 0 Å². The van der Waals surface area contributed by atoms with E-state index < -0.39 is 0 Å². The molecule has 0 saturated heterocycles. The SMILES string of the molecule is CSC(=O)[C@H](NC(=O)C1CC1)C1CCCCC1. The fourth-order valence-corrected chi connectivity index (χ4v) is 3.09. The lowest BCUT2D eigenvalue weighted by Crippen LogP contribution is -2.46. The van der Waals surface area contributed by atoms with E-state index in [1.807, 2.05) is 0 Å². The average Bonchev–Trinajstić information content (AvgIpc) is 3.20. The summed E-state index contributed by atoms with van der Waals surface area (Å²) in [5, 5.41) is 3.12. The number of amides is 1. The topological polar surface area (TPSA) is 46.2 Å². The van der Waals surface area contributed by atoms with Gasteiger partial charge in [-0.05, 0) is 37.9 Å². The molecule has 1 atom stereocenters. The number of carbonyl (C=O) groups is 2. The maximum atomic E-state index is 11.9. The normalized spacial score (nSPS) is 23.1. The molecular weight excluding hydrogens is 234 g/mol. The van der Waals surface area contributed by atoms with E-state index in [1.165, 1.54) is 31.0 Å². The van der Waals surface area contributed by atoms with E-state index in [0.717, 1.165) is 25.7 Å². The van der Waals surface area contributed by atoms with Crippen LogP contribution in [-0.2, 0) is 9.59 Å². The highest BCUT2D eigenvalue weighted by atomic mass is 32.2. The second-order valence-corrected chi connectivity index (χ2v) is 5.99. The van der Waals surface area contributed by atoms with Crippen LogP contribution in [0, 0.1) is 11.8 Å². The van der Waals surface area contributed by atoms with Crippen LogP contribution in [0.25, 0.3) is 0 Å². The molecule has 4 heteroatoms. The standard InChI is InChI=1S/C13H21NO2S/c1-17-13(16)11(9-5-3-2-4-6-9)14-12(15)10-7-8-10/h9-11H,2-8H2,1H3,(H,14,15)/t11-/m1/s1. The molecule has 17 heavy (non-hydrogen) atoms. The Morgan fingerprint density at radius 3 is 2.29 bits per heavy atom. The molecule has 0 bridgehead atoms. The molecule has 2 fully saturated rings. The van der Waals surface area contributed by atoms with Crippen LogP contribution in [-0.4, -0.2) is 23.3 Å². The third kappa shape index (κ3) is 3.47. The van der Waals surface area contributed by atoms with E-state index in [9.17, 15) is 9.59 Å². The first-order valence-electron chi connectivity index (χ1n) is 6.60. The van der Waals surface area contributed by atoms with Gasteiger partial charge >= 0.3 is 0 Å². The largest absolute Gasteiger partial charge is 0.345 e. The number of hydrogen-bond acceptors (Lipinski definition) is 3. The molecule has 0 aliphatic heterocycles. The summed E-state index contributed by atoms with van der Waals surface area (Å²) in [4.78, 5) is 23.7. The van der Waals surface area contributed by atoms with Gasteiger partial charge in [0.2, 0.25) is 11.0 Å². The van der Waals surface area contributed by atoms with Crippen molar-refractivity contribution >= 4 is 22.8 Å². The zero-order valence-electron chi connectivity index (χ0n) is 10.4. The third-order valence-electron chi connectivity index (χ3n) is 3.82. The van der Waals surface area contributed by atoms with Crippen LogP contribution in [0.4, 0.5) is 0 Å². The second-order valence-electron chi connectivity index (χ2n) is 5.18. The zero-order valence-corrected chi connectivity index (χ0v) is 11.2. The molecule has 2 aliphatic carbocycles. The summed E-state index contributed by atoms with van der Waals surface area (Å²) >= 11 is 1.25. The van der Waals surface area contributed by atoms with Crippen LogP contribution in [0.3, 0.4) is 0 Å². The van der Waals surface area contributed by atoms with Crippen LogP contribution < -0.4 is 5.32 Å². The van der Waals surface area contributed by atoms with Gasteiger partial charge in [0.1, 0.15) is 6.04 Å². The molecule has 2 aliphatic rings. The number of thioether (sulfide) groups is 1. The maximum Gasteiger partial charge on any atom is 0.223 e. The molecule has 0 aromatic carbocycles. The third-order valence-corrected chi connectivity index (χ3v) is 4.48. The number of carbonyl (C=O) groups excluding carboxylic acids is 2. The maximum absolute atomic E-state index is 11.9. The molecular formula is C13H21NO2S. The van der Waals surface area contributed by atoms with Gasteiger partial charge in [0.15, 0.2) is 0 Å². The van der Waals surface area contributed by atoms with E-state index in [2.05, 4.69) is 5.32 Å². The first-order chi connectivity index (χ1) is 8.22. The molecule has 96 valence electrons. The highest BCUT2D eigenvalue weighted by molar-refractivity contribution is 8.13. The fourth-order valence-electron chi connectivity index (χ4n) is 2.58. The molecule has 0 aromatic heterocycles. The Bertz CT molecular complexity index is 296. The summed E-state index contributed by atoms with van der Waals surface area (Å²) in [6.45, 7) is 0. The quantitative estimate of drug-likeness (QED) is 0.838. The van der Waals surface area contributed by atoms with Gasteiger partial charge < -0.3 is 5.32 Å². The predicted octanol–water partition coefficient (Wildman–Crippen LogP) is 2.35. The highest BCUT2D eigenvalue weighted by Gasteiger charge is 2.35. The van der Waals surface area contributed by atoms with Crippen LogP contribution in [0.15, 0.2) is 0 Å². The minimum Gasteiger partial charge on any atom is -0.345 e. The van der Waals surface area contributed by atoms with Crippen molar-refractivity contribution in [2.45, 2.75) is 51.0 Å². The van der Waals surface area contributed by atoms with E-state index in [-0.39, 0.29) is 23.0 Å². The lowest BCUT2D eigenvalue weighted by Gasteiger charge is -2.29. The summed E-state index contributed by atoms with van der Waals surface area (Å²) in [5.74, 6) is 0.658. The molecule has 1 N–H and O–H groups in total. The molecule has 0 heterocycles. The van der Waals surface area contributed by atoms with Crippen molar-refractivity contribution in [1.82, 2.24) is 5.32 Å². The molecule has 0 radical (unpaired) electrons. The van der Waals surface area contributed by atoms with Crippen molar-refractivity contribution in [3.05, 3.63) is 0 Å². The predicted molar refractivity (Wildman–Crippen MR) is 69.8 cm³/mol. The summed E-state index contributed by atoms with van der Waals surface area (Å²) < 4.78 is 0. The van der Waals surface area contributed by atoms with Crippen LogP contribution in [0.5, 0.6) is 0 Å². The smallest absolute Gasteiger partial charge is 0.223 e. The molecule has 1 amide bonds. The van der Waals surface area contributed by atoms with Crippen molar-refractivity contribution in [2.75, 3.05) is 6.26 Å². The van der Waals surface area contributed by atoms with Gasteiger partial charge in [-0.1, -0.05) is 31.0 Å². The lowest BCUT2D eigenvalue weighted by molar-refractivity contribution is -0.126. The number of rotatable bonds is 4. The van der Waals surface area contributed by atoms with Crippen molar-refractivity contribution in [1.29, 1.82) is 0 Å². The lowest BCUT2D eigenvalue weighted by atomic mass is 9.84. The summed E-state index contributed by atoms with van der Waals surface area (Å²) in [6, 6.07) is -0.238. The molecule has 0 spiro atoms. The Balaban J connectivity index is 1.95. The minimum absolute atomic E-state index is 0.1000. The van der Waals surface area contributed by atoms with Crippen molar-refractivity contribution in [3.8, 4) is 0 Å². The van der Waals surface area contributed by atoms with Crippen LogP contribution in [0.1, 0.15) is 44.9 Å². The Morgan fingerprint density at radius 2 is 1.76 bits per heavy atom. The molecule has 2 saturated carbocycles. The summed E-state index contributed by atoms with van der Waals surface area (Å²) in [6.07, 6.45) is 9.64. The summed E-state index contributed by atoms with van der Waals surface area (Å²) in [7, 11) is 0. The van der Waals surface area contributed by atoms with Crippen molar-refractivity contribution in [3.63, 3.8) is 0 Å². The second kappa shape index (κ2) is 5.89. The monoisotopic (exact) mass is 255 g/mol. The Kier molecular flexibility index (Phi) is 4.48. The van der Waals surface area contributed by atoms with E-state index in [4.69, 9.17) is 0 Å². The Hall–Kier alpha value is -0.510. The Labute approximate surface area is 107 Å². The Morgan fingerprint density at radius 1 is 1.12 bits per heavy atom. The van der Waals surface area contributed by atoms with Crippen molar-refractivity contribution < 1.29 is 9.59 Å². The molecule has 2 rings (SSSR count). The fraction of sp³-hybridized carbons (Fsp3) is 0.846. The summed E-state index contributed by atoms with van der Waals surface area (Å²) in [5.41, 5.74) is 0. The van der Waals surface area contributed by atoms with E-state index in [0.29, 0.717) is 5.92 Å². The van der Waals surface area contributed by atoms with Crippen molar-refractivity contribution in [2.24, 2.45) is 11.8 Å². The van der Waals surface area contributed by atoms with Gasteiger partial charge in [0, 0.05) is 5.92 Å². The van der Waals surface area contributed by atoms with Crippen LogP contribution >= 0.6 is 11.8 Å². The van der Waals surface area contributed by atoms with E-state index >= 15 is 0 Å². The van der Waals surface area contributed by atoms with Gasteiger partial charge in [-0.25, -0.2) is 0 Å². The average molecular weight is 255 g/mol. The zero-order chi connectivity index (χ0) is 12.3. The van der Waals surface area contributed by atoms with Gasteiger partial charge in [-0.15, -0.1) is 0 Å². The molecule has 3 nitrogen and oxygen atoms in total. The number of nitrogens with one attached hydrogen (secondary N) is 1. The minimum atomic E-state index is -0.238. The molecule has 0 unspecified atom stereocenters. The van der Waals surface area contributed by atoms with Gasteiger partial charge in [0.05, 0.1) is 0 Å². The van der Waals surface area contributed by atoms with Crippen LogP contribution in [0.2, 0.25) is 0 Å².